The number of hydrogen-bond donors (Lipinski definition) is 1. The first kappa shape index (κ1) is 22.5. The molecule has 2 rings (SSSR count). The first-order chi connectivity index (χ1) is 13.6. The number of nitrogens with two attached hydrogens (primary N) is 1. The number of carbonyl (C=O) groups excluding carboxylic acids is 1. The minimum atomic E-state index is -0.226. The Morgan fingerprint density at radius 2 is 2.04 bits per heavy atom. The number of hydrogen-bond acceptors (Lipinski definition) is 7. The lowest BCUT2D eigenvalue weighted by atomic mass is 9.95. The Bertz CT molecular complexity index is 604. The van der Waals surface area contributed by atoms with Crippen molar-refractivity contribution in [1.82, 2.24) is 0 Å². The average molecular weight is 395 g/mol. The zero-order valence-corrected chi connectivity index (χ0v) is 17.3. The third kappa shape index (κ3) is 6.36. The molecule has 1 atom stereocenters. The number of esters is 1. The third-order valence-corrected chi connectivity index (χ3v) is 5.09. The summed E-state index contributed by atoms with van der Waals surface area (Å²) in [6.45, 7) is 5.55. The molecule has 1 aromatic rings. The molecule has 0 aliphatic carbocycles. The van der Waals surface area contributed by atoms with Crippen molar-refractivity contribution in [3.8, 4) is 0 Å². The van der Waals surface area contributed by atoms with Crippen LogP contribution in [0.15, 0.2) is 18.2 Å². The maximum atomic E-state index is 11.9. The van der Waals surface area contributed by atoms with E-state index in [4.69, 9.17) is 24.7 Å². The van der Waals surface area contributed by atoms with Crippen LogP contribution in [0.4, 0.5) is 11.4 Å². The van der Waals surface area contributed by atoms with Gasteiger partial charge in [0.05, 0.1) is 37.6 Å². The molecule has 1 fully saturated rings. The van der Waals surface area contributed by atoms with Gasteiger partial charge in [-0.2, -0.15) is 0 Å². The summed E-state index contributed by atoms with van der Waals surface area (Å²) in [4.78, 5) is 14.3. The Hall–Kier alpha value is -1.83. The molecule has 28 heavy (non-hydrogen) atoms. The molecule has 0 bridgehead atoms. The predicted octanol–water partition coefficient (Wildman–Crippen LogP) is 2.58. The second-order valence-corrected chi connectivity index (χ2v) is 7.01. The number of methoxy groups -OCH3 is 2. The van der Waals surface area contributed by atoms with E-state index in [9.17, 15) is 4.79 Å². The van der Waals surface area contributed by atoms with E-state index in [2.05, 4.69) is 4.90 Å². The fourth-order valence-electron chi connectivity index (χ4n) is 3.67. The van der Waals surface area contributed by atoms with Gasteiger partial charge in [-0.3, -0.25) is 4.79 Å². The van der Waals surface area contributed by atoms with Crippen molar-refractivity contribution >= 4 is 17.3 Å². The second-order valence-electron chi connectivity index (χ2n) is 7.01. The summed E-state index contributed by atoms with van der Waals surface area (Å²) in [6.07, 6.45) is 2.22. The molecule has 1 heterocycles. The molecule has 7 heteroatoms. The van der Waals surface area contributed by atoms with Gasteiger partial charge in [-0.1, -0.05) is 6.07 Å². The predicted molar refractivity (Wildman–Crippen MR) is 110 cm³/mol. The highest BCUT2D eigenvalue weighted by Gasteiger charge is 2.24. The molecule has 7 nitrogen and oxygen atoms in total. The van der Waals surface area contributed by atoms with E-state index in [0.29, 0.717) is 31.5 Å². The molecule has 0 amide bonds. The molecular formula is C21H34N2O5. The largest absolute Gasteiger partial charge is 0.466 e. The molecule has 0 spiro atoms. The Morgan fingerprint density at radius 3 is 2.64 bits per heavy atom. The summed E-state index contributed by atoms with van der Waals surface area (Å²) < 4.78 is 21.2. The number of rotatable bonds is 11. The summed E-state index contributed by atoms with van der Waals surface area (Å²) in [6, 6.07) is 6.42. The zero-order valence-electron chi connectivity index (χ0n) is 17.3. The summed E-state index contributed by atoms with van der Waals surface area (Å²) in [5.74, 6) is -0.313. The van der Waals surface area contributed by atoms with Crippen LogP contribution in [0.3, 0.4) is 0 Å². The molecule has 0 aromatic heterocycles. The van der Waals surface area contributed by atoms with E-state index < -0.39 is 0 Å². The SMILES string of the molecule is CCOC(=O)CC(COC)c1ccc(N(CCOC)C2CCOCC2)c(N)c1. The van der Waals surface area contributed by atoms with Crippen molar-refractivity contribution in [3.05, 3.63) is 23.8 Å². The van der Waals surface area contributed by atoms with E-state index in [-0.39, 0.29) is 18.3 Å². The minimum Gasteiger partial charge on any atom is -0.466 e. The van der Waals surface area contributed by atoms with Crippen LogP contribution in [-0.4, -0.2) is 65.8 Å². The lowest BCUT2D eigenvalue weighted by molar-refractivity contribution is -0.143. The van der Waals surface area contributed by atoms with Crippen LogP contribution in [0.25, 0.3) is 0 Å². The van der Waals surface area contributed by atoms with Crippen molar-refractivity contribution in [2.75, 3.05) is 64.4 Å². The molecule has 1 aliphatic heterocycles. The number of ether oxygens (including phenoxy) is 4. The maximum Gasteiger partial charge on any atom is 0.306 e. The Kier molecular flexibility index (Phi) is 9.54. The van der Waals surface area contributed by atoms with E-state index >= 15 is 0 Å². The number of carbonyl (C=O) groups is 1. The van der Waals surface area contributed by atoms with Crippen molar-refractivity contribution in [2.24, 2.45) is 0 Å². The monoisotopic (exact) mass is 394 g/mol. The lowest BCUT2D eigenvalue weighted by Crippen LogP contribution is -2.41. The summed E-state index contributed by atoms with van der Waals surface area (Å²) in [7, 11) is 3.34. The van der Waals surface area contributed by atoms with E-state index in [1.54, 1.807) is 21.1 Å². The molecule has 1 aromatic carbocycles. The first-order valence-corrected chi connectivity index (χ1v) is 9.98. The number of nitrogens with zero attached hydrogens (tertiary/aromatic N) is 1. The van der Waals surface area contributed by atoms with Crippen molar-refractivity contribution in [1.29, 1.82) is 0 Å². The third-order valence-electron chi connectivity index (χ3n) is 5.09. The normalized spacial score (nSPS) is 16.0. The highest BCUT2D eigenvalue weighted by Crippen LogP contribution is 2.32. The highest BCUT2D eigenvalue weighted by molar-refractivity contribution is 5.72. The van der Waals surface area contributed by atoms with Crippen LogP contribution in [0, 0.1) is 0 Å². The van der Waals surface area contributed by atoms with Gasteiger partial charge < -0.3 is 29.6 Å². The number of nitrogen functional groups attached to an aromatic ring is 1. The molecule has 0 saturated carbocycles. The topological polar surface area (TPSA) is 83.2 Å². The van der Waals surface area contributed by atoms with E-state index in [0.717, 1.165) is 43.9 Å². The molecular weight excluding hydrogens is 360 g/mol. The molecule has 1 aliphatic rings. The summed E-state index contributed by atoms with van der Waals surface area (Å²) in [5, 5.41) is 0. The van der Waals surface area contributed by atoms with Gasteiger partial charge in [0, 0.05) is 45.9 Å². The van der Waals surface area contributed by atoms with Crippen LogP contribution < -0.4 is 10.6 Å². The van der Waals surface area contributed by atoms with Crippen molar-refractivity contribution < 1.29 is 23.7 Å². The van der Waals surface area contributed by atoms with Crippen molar-refractivity contribution in [3.63, 3.8) is 0 Å². The van der Waals surface area contributed by atoms with E-state index in [1.807, 2.05) is 18.2 Å². The Morgan fingerprint density at radius 1 is 1.29 bits per heavy atom. The van der Waals surface area contributed by atoms with Crippen LogP contribution in [0.2, 0.25) is 0 Å². The van der Waals surface area contributed by atoms with E-state index in [1.165, 1.54) is 0 Å². The fraction of sp³-hybridized carbons (Fsp3) is 0.667. The van der Waals surface area contributed by atoms with Gasteiger partial charge in [0.2, 0.25) is 0 Å². The Balaban J connectivity index is 2.21. The van der Waals surface area contributed by atoms with Crippen LogP contribution in [0.1, 0.15) is 37.7 Å². The average Bonchev–Trinajstić information content (AvgIpc) is 2.70. The molecule has 158 valence electrons. The standard InChI is InChI=1S/C21H34N2O5/c1-4-28-21(24)14-17(15-26-3)16-5-6-20(19(22)13-16)23(9-12-25-2)18-7-10-27-11-8-18/h5-6,13,17-18H,4,7-12,14-15,22H2,1-3H3. The van der Waals surface area contributed by atoms with Crippen LogP contribution in [-0.2, 0) is 23.7 Å². The molecule has 1 unspecified atom stereocenters. The smallest absolute Gasteiger partial charge is 0.306 e. The van der Waals surface area contributed by atoms with Gasteiger partial charge in [-0.15, -0.1) is 0 Å². The minimum absolute atomic E-state index is 0.0871. The van der Waals surface area contributed by atoms with Crippen molar-refractivity contribution in [2.45, 2.75) is 38.1 Å². The molecule has 2 N–H and O–H groups in total. The quantitative estimate of drug-likeness (QED) is 0.456. The summed E-state index contributed by atoms with van der Waals surface area (Å²) in [5.41, 5.74) is 9.13. The second kappa shape index (κ2) is 11.9. The van der Waals surface area contributed by atoms with Gasteiger partial charge in [0.15, 0.2) is 0 Å². The molecule has 0 radical (unpaired) electrons. The van der Waals surface area contributed by atoms with Gasteiger partial charge in [-0.25, -0.2) is 0 Å². The van der Waals surface area contributed by atoms with Gasteiger partial charge in [0.25, 0.3) is 0 Å². The zero-order chi connectivity index (χ0) is 20.4. The van der Waals surface area contributed by atoms with Gasteiger partial charge in [-0.05, 0) is 37.5 Å². The van der Waals surface area contributed by atoms with Gasteiger partial charge in [0.1, 0.15) is 0 Å². The summed E-state index contributed by atoms with van der Waals surface area (Å²) >= 11 is 0. The number of anilines is 2. The number of benzene rings is 1. The van der Waals surface area contributed by atoms with Gasteiger partial charge >= 0.3 is 5.97 Å². The highest BCUT2D eigenvalue weighted by atomic mass is 16.5. The van der Waals surface area contributed by atoms with Crippen LogP contribution >= 0.6 is 0 Å². The lowest BCUT2D eigenvalue weighted by Gasteiger charge is -2.37. The van der Waals surface area contributed by atoms with Crippen LogP contribution in [0.5, 0.6) is 0 Å². The first-order valence-electron chi connectivity index (χ1n) is 9.98. The Labute approximate surface area is 168 Å². The maximum absolute atomic E-state index is 11.9. The molecule has 1 saturated heterocycles. The fourth-order valence-corrected chi connectivity index (χ4v) is 3.67.